The molecule has 0 unspecified atom stereocenters. The second kappa shape index (κ2) is 6.45. The van der Waals surface area contributed by atoms with Gasteiger partial charge in [0.2, 0.25) is 5.95 Å². The molecule has 1 aliphatic carbocycles. The first-order valence-electron chi connectivity index (χ1n) is 8.63. The van der Waals surface area contributed by atoms with Crippen molar-refractivity contribution in [2.75, 3.05) is 10.6 Å². The van der Waals surface area contributed by atoms with Gasteiger partial charge in [-0.15, -0.1) is 0 Å². The quantitative estimate of drug-likeness (QED) is 0.738. The highest BCUT2D eigenvalue weighted by Crippen LogP contribution is 2.40. The van der Waals surface area contributed by atoms with Crippen molar-refractivity contribution in [3.8, 4) is 0 Å². The number of benzene rings is 1. The van der Waals surface area contributed by atoms with Gasteiger partial charge in [0, 0.05) is 23.2 Å². The van der Waals surface area contributed by atoms with Gasteiger partial charge < -0.3 is 10.6 Å². The van der Waals surface area contributed by atoms with E-state index in [2.05, 4.69) is 20.6 Å². The minimum atomic E-state index is -4.38. The second-order valence-electron chi connectivity index (χ2n) is 7.80. The fourth-order valence-corrected chi connectivity index (χ4v) is 2.66. The molecule has 26 heavy (non-hydrogen) atoms. The maximum Gasteiger partial charge on any atom is 0.416 e. The van der Waals surface area contributed by atoms with E-state index in [4.69, 9.17) is 0 Å². The smallest absolute Gasteiger partial charge is 0.350 e. The first kappa shape index (κ1) is 18.5. The van der Waals surface area contributed by atoms with E-state index in [1.54, 1.807) is 6.07 Å². The van der Waals surface area contributed by atoms with Gasteiger partial charge in [0.25, 0.3) is 0 Å². The molecular formula is C19H23F3N4. The lowest BCUT2D eigenvalue weighted by Gasteiger charge is -2.21. The lowest BCUT2D eigenvalue weighted by molar-refractivity contribution is -0.138. The Morgan fingerprint density at radius 3 is 2.31 bits per heavy atom. The number of hydrogen-bond donors (Lipinski definition) is 2. The van der Waals surface area contributed by atoms with E-state index in [0.717, 1.165) is 24.6 Å². The van der Waals surface area contributed by atoms with Crippen LogP contribution in [0.3, 0.4) is 0 Å². The lowest BCUT2D eigenvalue weighted by atomic mass is 10.1. The number of rotatable bonds is 4. The number of nitrogens with zero attached hydrogens (tertiary/aromatic N) is 2. The first-order chi connectivity index (χ1) is 12.0. The molecule has 0 radical (unpaired) electrons. The third kappa shape index (κ3) is 4.65. The molecule has 1 aromatic carbocycles. The van der Waals surface area contributed by atoms with Crippen LogP contribution in [0.15, 0.2) is 24.3 Å². The van der Waals surface area contributed by atoms with Crippen molar-refractivity contribution in [3.05, 3.63) is 41.1 Å². The predicted octanol–water partition coefficient (Wildman–Crippen LogP) is 5.64. The minimum Gasteiger partial charge on any atom is -0.350 e. The molecule has 0 amide bonds. The van der Waals surface area contributed by atoms with Crippen molar-refractivity contribution >= 4 is 17.5 Å². The Hall–Kier alpha value is -2.31. The summed E-state index contributed by atoms with van der Waals surface area (Å²) in [6.45, 7) is 7.46. The topological polar surface area (TPSA) is 49.8 Å². The molecule has 3 rings (SSSR count). The molecule has 1 aliphatic rings. The van der Waals surface area contributed by atoms with E-state index >= 15 is 0 Å². The SMILES string of the molecule is Cc1ccc(Nc2cc(C3CC3)nc(NC(C)(C)C)n2)cc1C(F)(F)F. The van der Waals surface area contributed by atoms with Gasteiger partial charge in [0.15, 0.2) is 0 Å². The van der Waals surface area contributed by atoms with E-state index < -0.39 is 11.7 Å². The molecule has 0 atom stereocenters. The normalized spacial score (nSPS) is 15.0. The zero-order valence-electron chi connectivity index (χ0n) is 15.3. The van der Waals surface area contributed by atoms with Crippen LogP contribution in [0.5, 0.6) is 0 Å². The Morgan fingerprint density at radius 1 is 1.04 bits per heavy atom. The molecule has 0 spiro atoms. The van der Waals surface area contributed by atoms with Gasteiger partial charge in [-0.25, -0.2) is 4.98 Å². The van der Waals surface area contributed by atoms with E-state index in [-0.39, 0.29) is 11.1 Å². The van der Waals surface area contributed by atoms with Gasteiger partial charge in [-0.3, -0.25) is 0 Å². The van der Waals surface area contributed by atoms with Crippen LogP contribution in [0, 0.1) is 6.92 Å². The summed E-state index contributed by atoms with van der Waals surface area (Å²) in [6.07, 6.45) is -2.23. The summed E-state index contributed by atoms with van der Waals surface area (Å²) >= 11 is 0. The molecule has 0 bridgehead atoms. The molecule has 1 aromatic heterocycles. The van der Waals surface area contributed by atoms with Crippen LogP contribution in [-0.2, 0) is 6.18 Å². The van der Waals surface area contributed by atoms with Crippen molar-refractivity contribution in [1.29, 1.82) is 0 Å². The Bertz CT molecular complexity index is 805. The van der Waals surface area contributed by atoms with Gasteiger partial charge in [-0.1, -0.05) is 6.07 Å². The van der Waals surface area contributed by atoms with Gasteiger partial charge in [-0.2, -0.15) is 18.2 Å². The number of aryl methyl sites for hydroxylation is 1. The molecule has 140 valence electrons. The van der Waals surface area contributed by atoms with Crippen molar-refractivity contribution in [1.82, 2.24) is 9.97 Å². The Kier molecular flexibility index (Phi) is 4.58. The minimum absolute atomic E-state index is 0.194. The maximum absolute atomic E-state index is 13.1. The number of anilines is 3. The standard InChI is InChI=1S/C19H23F3N4/c1-11-5-8-13(9-14(11)19(20,21)22)23-16-10-15(12-6-7-12)24-17(25-16)26-18(2,3)4/h5,8-10,12H,6-7H2,1-4H3,(H2,23,24,25,26). The average molecular weight is 364 g/mol. The highest BCUT2D eigenvalue weighted by molar-refractivity contribution is 5.60. The van der Waals surface area contributed by atoms with Crippen LogP contribution in [0.1, 0.15) is 56.4 Å². The molecular weight excluding hydrogens is 341 g/mol. The second-order valence-corrected chi connectivity index (χ2v) is 7.80. The number of alkyl halides is 3. The van der Waals surface area contributed by atoms with Crippen LogP contribution in [0.4, 0.5) is 30.6 Å². The van der Waals surface area contributed by atoms with Gasteiger partial charge in [0.1, 0.15) is 5.82 Å². The average Bonchev–Trinajstić information content (AvgIpc) is 3.30. The number of aromatic nitrogens is 2. The van der Waals surface area contributed by atoms with Crippen molar-refractivity contribution in [3.63, 3.8) is 0 Å². The summed E-state index contributed by atoms with van der Waals surface area (Å²) in [6, 6.07) is 6.02. The van der Waals surface area contributed by atoms with Crippen LogP contribution >= 0.6 is 0 Å². The summed E-state index contributed by atoms with van der Waals surface area (Å²) in [4.78, 5) is 8.98. The molecule has 2 aromatic rings. The highest BCUT2D eigenvalue weighted by atomic mass is 19.4. The Balaban J connectivity index is 1.92. The van der Waals surface area contributed by atoms with Crippen LogP contribution < -0.4 is 10.6 Å². The summed E-state index contributed by atoms with van der Waals surface area (Å²) in [5.41, 5.74) is 0.598. The van der Waals surface area contributed by atoms with Crippen LogP contribution in [0.25, 0.3) is 0 Å². The molecule has 1 fully saturated rings. The van der Waals surface area contributed by atoms with Crippen molar-refractivity contribution in [2.45, 2.75) is 58.2 Å². The van der Waals surface area contributed by atoms with Crippen LogP contribution in [-0.4, -0.2) is 15.5 Å². The van der Waals surface area contributed by atoms with Gasteiger partial charge in [-0.05, 0) is 58.2 Å². The van der Waals surface area contributed by atoms with Gasteiger partial charge in [0.05, 0.1) is 11.3 Å². The fourth-order valence-electron chi connectivity index (χ4n) is 2.66. The largest absolute Gasteiger partial charge is 0.416 e. The maximum atomic E-state index is 13.1. The first-order valence-corrected chi connectivity index (χ1v) is 8.63. The number of hydrogen-bond acceptors (Lipinski definition) is 4. The third-order valence-corrected chi connectivity index (χ3v) is 4.04. The van der Waals surface area contributed by atoms with Crippen LogP contribution in [0.2, 0.25) is 0 Å². The zero-order chi connectivity index (χ0) is 19.1. The van der Waals surface area contributed by atoms with E-state index in [0.29, 0.717) is 23.4 Å². The molecule has 1 heterocycles. The molecule has 2 N–H and O–H groups in total. The fraction of sp³-hybridized carbons (Fsp3) is 0.474. The van der Waals surface area contributed by atoms with Crippen molar-refractivity contribution in [2.24, 2.45) is 0 Å². The molecule has 7 heteroatoms. The molecule has 0 aliphatic heterocycles. The molecule has 4 nitrogen and oxygen atoms in total. The monoisotopic (exact) mass is 364 g/mol. The Labute approximate surface area is 151 Å². The van der Waals surface area contributed by atoms with E-state index in [1.807, 2.05) is 26.8 Å². The number of nitrogens with one attached hydrogen (secondary N) is 2. The predicted molar refractivity (Wildman–Crippen MR) is 96.8 cm³/mol. The summed E-state index contributed by atoms with van der Waals surface area (Å²) in [7, 11) is 0. The molecule has 1 saturated carbocycles. The van der Waals surface area contributed by atoms with E-state index in [1.165, 1.54) is 13.0 Å². The van der Waals surface area contributed by atoms with Crippen molar-refractivity contribution < 1.29 is 13.2 Å². The summed E-state index contributed by atoms with van der Waals surface area (Å²) in [5, 5.41) is 6.23. The summed E-state index contributed by atoms with van der Waals surface area (Å²) in [5.74, 6) is 1.38. The Morgan fingerprint density at radius 2 is 1.73 bits per heavy atom. The highest BCUT2D eigenvalue weighted by Gasteiger charge is 2.32. The van der Waals surface area contributed by atoms with Gasteiger partial charge >= 0.3 is 6.18 Å². The third-order valence-electron chi connectivity index (χ3n) is 4.04. The molecule has 0 saturated heterocycles. The van der Waals surface area contributed by atoms with E-state index in [9.17, 15) is 13.2 Å². The number of halogens is 3. The summed E-state index contributed by atoms with van der Waals surface area (Å²) < 4.78 is 39.4. The lowest BCUT2D eigenvalue weighted by Crippen LogP contribution is -2.27. The zero-order valence-corrected chi connectivity index (χ0v) is 15.3.